The molecule has 0 spiro atoms. The van der Waals surface area contributed by atoms with Crippen LogP contribution in [0.2, 0.25) is 0 Å². The zero-order valence-electron chi connectivity index (χ0n) is 14.6. The summed E-state index contributed by atoms with van der Waals surface area (Å²) in [6, 6.07) is 7.72. The molecule has 2 atom stereocenters. The van der Waals surface area contributed by atoms with Crippen LogP contribution < -0.4 is 5.32 Å². The molecule has 2 aliphatic heterocycles. The number of rotatable bonds is 2. The Morgan fingerprint density at radius 1 is 1.08 bits per heavy atom. The van der Waals surface area contributed by atoms with Crippen LogP contribution in [0.25, 0.3) is 0 Å². The SMILES string of the molecule is Cc1cccc(C(=O)N2CCCN(C(=O)[C@@H]3CNC[C@H]3C)CC2)c1. The minimum atomic E-state index is 0.0731. The second-order valence-electron chi connectivity index (χ2n) is 7.08. The van der Waals surface area contributed by atoms with Crippen molar-refractivity contribution in [1.29, 1.82) is 0 Å². The van der Waals surface area contributed by atoms with Gasteiger partial charge in [-0.05, 0) is 37.9 Å². The van der Waals surface area contributed by atoms with E-state index in [4.69, 9.17) is 0 Å². The van der Waals surface area contributed by atoms with Crippen molar-refractivity contribution in [2.45, 2.75) is 20.3 Å². The van der Waals surface area contributed by atoms with Crippen molar-refractivity contribution in [2.24, 2.45) is 11.8 Å². The molecule has 2 heterocycles. The minimum absolute atomic E-state index is 0.0731. The van der Waals surface area contributed by atoms with Crippen molar-refractivity contribution in [3.05, 3.63) is 35.4 Å². The zero-order valence-corrected chi connectivity index (χ0v) is 14.6. The van der Waals surface area contributed by atoms with Crippen molar-refractivity contribution in [3.8, 4) is 0 Å². The van der Waals surface area contributed by atoms with Crippen LogP contribution in [0.3, 0.4) is 0 Å². The van der Waals surface area contributed by atoms with E-state index in [9.17, 15) is 9.59 Å². The van der Waals surface area contributed by atoms with Gasteiger partial charge >= 0.3 is 0 Å². The number of hydrogen-bond donors (Lipinski definition) is 1. The molecular formula is C19H27N3O2. The molecule has 1 aromatic carbocycles. The summed E-state index contributed by atoms with van der Waals surface area (Å²) >= 11 is 0. The fraction of sp³-hybridized carbons (Fsp3) is 0.579. The number of hydrogen-bond acceptors (Lipinski definition) is 3. The number of amides is 2. The fourth-order valence-corrected chi connectivity index (χ4v) is 3.68. The van der Waals surface area contributed by atoms with E-state index in [0.29, 0.717) is 19.0 Å². The first-order valence-corrected chi connectivity index (χ1v) is 8.91. The molecule has 0 unspecified atom stereocenters. The zero-order chi connectivity index (χ0) is 17.1. The van der Waals surface area contributed by atoms with E-state index in [1.807, 2.05) is 41.0 Å². The van der Waals surface area contributed by atoms with Crippen LogP contribution in [0, 0.1) is 18.8 Å². The normalized spacial score (nSPS) is 24.8. The summed E-state index contributed by atoms with van der Waals surface area (Å²) in [5, 5.41) is 3.30. The van der Waals surface area contributed by atoms with Crippen LogP contribution in [0.4, 0.5) is 0 Å². The highest BCUT2D eigenvalue weighted by Gasteiger charge is 2.33. The van der Waals surface area contributed by atoms with Crippen LogP contribution in [0.15, 0.2) is 24.3 Å². The third-order valence-corrected chi connectivity index (χ3v) is 5.19. The van der Waals surface area contributed by atoms with Gasteiger partial charge in [0, 0.05) is 38.3 Å². The number of carbonyl (C=O) groups excluding carboxylic acids is 2. The molecule has 130 valence electrons. The van der Waals surface area contributed by atoms with E-state index in [0.717, 1.165) is 43.7 Å². The largest absolute Gasteiger partial charge is 0.341 e. The molecule has 0 bridgehead atoms. The molecule has 2 aliphatic rings. The van der Waals surface area contributed by atoms with Gasteiger partial charge in [-0.3, -0.25) is 9.59 Å². The molecule has 0 radical (unpaired) electrons. The van der Waals surface area contributed by atoms with E-state index in [1.165, 1.54) is 0 Å². The van der Waals surface area contributed by atoms with Gasteiger partial charge in [-0.15, -0.1) is 0 Å². The summed E-state index contributed by atoms with van der Waals surface area (Å²) in [7, 11) is 0. The molecule has 3 rings (SSSR count). The van der Waals surface area contributed by atoms with Gasteiger partial charge in [-0.2, -0.15) is 0 Å². The average molecular weight is 329 g/mol. The summed E-state index contributed by atoms with van der Waals surface area (Å²) in [6.45, 7) is 8.55. The Labute approximate surface area is 144 Å². The number of benzene rings is 1. The lowest BCUT2D eigenvalue weighted by atomic mass is 9.96. The molecule has 5 nitrogen and oxygen atoms in total. The van der Waals surface area contributed by atoms with Crippen LogP contribution in [-0.4, -0.2) is 60.9 Å². The number of carbonyl (C=O) groups is 2. The molecule has 24 heavy (non-hydrogen) atoms. The van der Waals surface area contributed by atoms with Gasteiger partial charge in [0.25, 0.3) is 5.91 Å². The second kappa shape index (κ2) is 7.34. The van der Waals surface area contributed by atoms with Crippen LogP contribution in [-0.2, 0) is 4.79 Å². The molecule has 2 fully saturated rings. The highest BCUT2D eigenvalue weighted by molar-refractivity contribution is 5.94. The topological polar surface area (TPSA) is 52.7 Å². The molecule has 2 amide bonds. The molecule has 1 aromatic rings. The summed E-state index contributed by atoms with van der Waals surface area (Å²) in [4.78, 5) is 29.3. The maximum Gasteiger partial charge on any atom is 0.253 e. The van der Waals surface area contributed by atoms with Crippen molar-refractivity contribution < 1.29 is 9.59 Å². The molecule has 0 aromatic heterocycles. The Hall–Kier alpha value is -1.88. The Morgan fingerprint density at radius 2 is 1.83 bits per heavy atom. The average Bonchev–Trinajstić information content (AvgIpc) is 2.85. The van der Waals surface area contributed by atoms with E-state index in [-0.39, 0.29) is 17.7 Å². The van der Waals surface area contributed by atoms with Gasteiger partial charge < -0.3 is 15.1 Å². The van der Waals surface area contributed by atoms with Crippen molar-refractivity contribution >= 4 is 11.8 Å². The summed E-state index contributed by atoms with van der Waals surface area (Å²) in [5.41, 5.74) is 1.83. The van der Waals surface area contributed by atoms with Gasteiger partial charge in [0.15, 0.2) is 0 Å². The summed E-state index contributed by atoms with van der Waals surface area (Å²) in [5.74, 6) is 0.802. The Balaban J connectivity index is 1.62. The van der Waals surface area contributed by atoms with Gasteiger partial charge in [-0.25, -0.2) is 0 Å². The lowest BCUT2D eigenvalue weighted by Crippen LogP contribution is -2.41. The number of nitrogens with zero attached hydrogens (tertiary/aromatic N) is 2. The minimum Gasteiger partial charge on any atom is -0.341 e. The van der Waals surface area contributed by atoms with Gasteiger partial charge in [0.2, 0.25) is 5.91 Å². The van der Waals surface area contributed by atoms with E-state index < -0.39 is 0 Å². The Morgan fingerprint density at radius 3 is 2.54 bits per heavy atom. The highest BCUT2D eigenvalue weighted by Crippen LogP contribution is 2.20. The van der Waals surface area contributed by atoms with Crippen molar-refractivity contribution in [2.75, 3.05) is 39.3 Å². The maximum atomic E-state index is 12.7. The molecular weight excluding hydrogens is 302 g/mol. The first kappa shape index (κ1) is 17.0. The van der Waals surface area contributed by atoms with E-state index in [2.05, 4.69) is 12.2 Å². The van der Waals surface area contributed by atoms with Crippen molar-refractivity contribution in [1.82, 2.24) is 15.1 Å². The quantitative estimate of drug-likeness (QED) is 0.895. The highest BCUT2D eigenvalue weighted by atomic mass is 16.2. The lowest BCUT2D eigenvalue weighted by molar-refractivity contribution is -0.135. The van der Waals surface area contributed by atoms with Crippen LogP contribution in [0.1, 0.15) is 29.3 Å². The van der Waals surface area contributed by atoms with Crippen molar-refractivity contribution in [3.63, 3.8) is 0 Å². The summed E-state index contributed by atoms with van der Waals surface area (Å²) in [6.07, 6.45) is 0.845. The van der Waals surface area contributed by atoms with Crippen LogP contribution >= 0.6 is 0 Å². The molecule has 5 heteroatoms. The Bertz CT molecular complexity index is 616. The fourth-order valence-electron chi connectivity index (χ4n) is 3.68. The standard InChI is InChI=1S/C19H27N3O2/c1-14-5-3-6-16(11-14)18(23)21-7-4-8-22(10-9-21)19(24)17-13-20-12-15(17)2/h3,5-6,11,15,17,20H,4,7-10,12-13H2,1-2H3/t15-,17-/m1/s1. The van der Waals surface area contributed by atoms with Crippen LogP contribution in [0.5, 0.6) is 0 Å². The Kier molecular flexibility index (Phi) is 5.19. The second-order valence-corrected chi connectivity index (χ2v) is 7.08. The summed E-state index contributed by atoms with van der Waals surface area (Å²) < 4.78 is 0. The van der Waals surface area contributed by atoms with Gasteiger partial charge in [-0.1, -0.05) is 24.6 Å². The third-order valence-electron chi connectivity index (χ3n) is 5.19. The predicted octanol–water partition coefficient (Wildman–Crippen LogP) is 1.53. The monoisotopic (exact) mass is 329 g/mol. The molecule has 0 saturated carbocycles. The van der Waals surface area contributed by atoms with Gasteiger partial charge in [0.05, 0.1) is 5.92 Å². The van der Waals surface area contributed by atoms with E-state index in [1.54, 1.807) is 0 Å². The first-order valence-electron chi connectivity index (χ1n) is 8.91. The van der Waals surface area contributed by atoms with Gasteiger partial charge in [0.1, 0.15) is 0 Å². The third kappa shape index (κ3) is 3.61. The predicted molar refractivity (Wildman–Crippen MR) is 93.8 cm³/mol. The first-order chi connectivity index (χ1) is 11.6. The lowest BCUT2D eigenvalue weighted by Gasteiger charge is -2.26. The number of aryl methyl sites for hydroxylation is 1. The molecule has 1 N–H and O–H groups in total. The van der Waals surface area contributed by atoms with E-state index >= 15 is 0 Å². The molecule has 2 saturated heterocycles. The smallest absolute Gasteiger partial charge is 0.253 e. The molecule has 0 aliphatic carbocycles. The maximum absolute atomic E-state index is 12.7. The number of nitrogens with one attached hydrogen (secondary N) is 1.